The van der Waals surface area contributed by atoms with Crippen LogP contribution in [0, 0.1) is 5.92 Å². The van der Waals surface area contributed by atoms with E-state index in [1.54, 1.807) is 4.31 Å². The van der Waals surface area contributed by atoms with Crippen LogP contribution in [0.5, 0.6) is 0 Å². The minimum Gasteiger partial charge on any atom is -0.212 e. The van der Waals surface area contributed by atoms with Crippen molar-refractivity contribution >= 4 is 26.0 Å². The molecular formula is C12H24BrNO2S. The van der Waals surface area contributed by atoms with Crippen LogP contribution in [0.2, 0.25) is 0 Å². The first kappa shape index (κ1) is 15.4. The third-order valence-electron chi connectivity index (χ3n) is 3.19. The van der Waals surface area contributed by atoms with Gasteiger partial charge in [0, 0.05) is 17.9 Å². The van der Waals surface area contributed by atoms with Crippen LogP contribution in [-0.2, 0) is 10.0 Å². The van der Waals surface area contributed by atoms with E-state index in [2.05, 4.69) is 15.9 Å². The molecule has 102 valence electrons. The quantitative estimate of drug-likeness (QED) is 0.704. The highest BCUT2D eigenvalue weighted by atomic mass is 79.9. The minimum absolute atomic E-state index is 0.196. The maximum Gasteiger partial charge on any atom is 0.214 e. The molecule has 1 fully saturated rings. The summed E-state index contributed by atoms with van der Waals surface area (Å²) in [6.45, 7) is 4.54. The first-order valence-corrected chi connectivity index (χ1v) is 9.26. The van der Waals surface area contributed by atoms with Gasteiger partial charge in [-0.05, 0) is 18.8 Å². The van der Waals surface area contributed by atoms with Crippen LogP contribution in [-0.4, -0.2) is 36.4 Å². The number of hydrogen-bond acceptors (Lipinski definition) is 2. The van der Waals surface area contributed by atoms with Gasteiger partial charge in [-0.25, -0.2) is 8.42 Å². The van der Waals surface area contributed by atoms with Crippen LogP contribution < -0.4 is 0 Å². The zero-order chi connectivity index (χ0) is 12.9. The lowest BCUT2D eigenvalue weighted by atomic mass is 9.95. The monoisotopic (exact) mass is 325 g/mol. The smallest absolute Gasteiger partial charge is 0.212 e. The molecule has 0 spiro atoms. The van der Waals surface area contributed by atoms with Crippen LogP contribution in [0.15, 0.2) is 0 Å². The molecule has 0 atom stereocenters. The van der Waals surface area contributed by atoms with Gasteiger partial charge in [0.15, 0.2) is 0 Å². The van der Waals surface area contributed by atoms with Gasteiger partial charge in [-0.1, -0.05) is 49.0 Å². The number of hydrogen-bond donors (Lipinski definition) is 0. The number of alkyl halides is 1. The lowest BCUT2D eigenvalue weighted by Crippen LogP contribution is -2.44. The Bertz CT molecular complexity index is 310. The number of halogens is 1. The van der Waals surface area contributed by atoms with Gasteiger partial charge < -0.3 is 0 Å². The molecule has 17 heavy (non-hydrogen) atoms. The van der Waals surface area contributed by atoms with Crippen molar-refractivity contribution in [3.63, 3.8) is 0 Å². The number of sulfonamides is 1. The summed E-state index contributed by atoms with van der Waals surface area (Å²) in [6, 6.07) is 0.241. The molecule has 1 aliphatic carbocycles. The summed E-state index contributed by atoms with van der Waals surface area (Å²) in [6.07, 6.45) is 5.65. The second kappa shape index (κ2) is 7.10. The normalized spacial score (nSPS) is 19.1. The predicted octanol–water partition coefficient (Wildman–Crippen LogP) is 3.00. The highest BCUT2D eigenvalue weighted by Gasteiger charge is 2.30. The fourth-order valence-corrected chi connectivity index (χ4v) is 5.20. The first-order valence-electron chi connectivity index (χ1n) is 6.53. The molecule has 0 aliphatic heterocycles. The van der Waals surface area contributed by atoms with Crippen LogP contribution in [0.4, 0.5) is 0 Å². The van der Waals surface area contributed by atoms with Crippen molar-refractivity contribution in [3.8, 4) is 0 Å². The van der Waals surface area contributed by atoms with Crippen LogP contribution in [0.3, 0.4) is 0 Å². The molecule has 3 nitrogen and oxygen atoms in total. The Kier molecular flexibility index (Phi) is 6.45. The summed E-state index contributed by atoms with van der Waals surface area (Å²) < 4.78 is 26.4. The highest BCUT2D eigenvalue weighted by molar-refractivity contribution is 9.09. The molecule has 0 unspecified atom stereocenters. The number of rotatable bonds is 6. The molecule has 0 N–H and O–H groups in total. The van der Waals surface area contributed by atoms with Crippen LogP contribution in [0.1, 0.15) is 46.0 Å². The van der Waals surface area contributed by atoms with Crippen LogP contribution in [0.25, 0.3) is 0 Å². The van der Waals surface area contributed by atoms with Crippen molar-refractivity contribution in [2.75, 3.05) is 17.6 Å². The maximum absolute atomic E-state index is 12.3. The second-order valence-corrected chi connectivity index (χ2v) is 8.02. The van der Waals surface area contributed by atoms with Crippen molar-refractivity contribution in [2.24, 2.45) is 5.92 Å². The zero-order valence-electron chi connectivity index (χ0n) is 10.9. The summed E-state index contributed by atoms with van der Waals surface area (Å²) in [5.41, 5.74) is 0. The molecule has 0 bridgehead atoms. The Balaban J connectivity index is 2.75. The summed E-state index contributed by atoms with van der Waals surface area (Å²) in [7, 11) is -3.08. The Hall–Kier alpha value is 0.390. The fraction of sp³-hybridized carbons (Fsp3) is 1.00. The van der Waals surface area contributed by atoms with E-state index in [1.807, 2.05) is 13.8 Å². The van der Waals surface area contributed by atoms with Gasteiger partial charge in [-0.2, -0.15) is 4.31 Å². The third-order valence-corrected chi connectivity index (χ3v) is 5.83. The first-order chi connectivity index (χ1) is 7.97. The standard InChI is InChI=1S/C12H24BrNO2S/c1-11(2)10-17(15,16)14(9-8-13)12-6-4-3-5-7-12/h11-12H,3-10H2,1-2H3. The van der Waals surface area contributed by atoms with E-state index in [-0.39, 0.29) is 17.7 Å². The van der Waals surface area contributed by atoms with Gasteiger partial charge in [-0.3, -0.25) is 0 Å². The van der Waals surface area contributed by atoms with E-state index in [0.717, 1.165) is 18.2 Å². The largest absolute Gasteiger partial charge is 0.214 e. The van der Waals surface area contributed by atoms with Gasteiger partial charge in [0.25, 0.3) is 0 Å². The van der Waals surface area contributed by atoms with E-state index in [0.29, 0.717) is 6.54 Å². The molecular weight excluding hydrogens is 302 g/mol. The third kappa shape index (κ3) is 4.87. The minimum atomic E-state index is -3.08. The zero-order valence-corrected chi connectivity index (χ0v) is 13.3. The molecule has 0 heterocycles. The van der Waals surface area contributed by atoms with E-state index in [4.69, 9.17) is 0 Å². The maximum atomic E-state index is 12.3. The average molecular weight is 326 g/mol. The lowest BCUT2D eigenvalue weighted by Gasteiger charge is -2.33. The van der Waals surface area contributed by atoms with Crippen molar-refractivity contribution in [1.82, 2.24) is 4.31 Å². The highest BCUT2D eigenvalue weighted by Crippen LogP contribution is 2.25. The summed E-state index contributed by atoms with van der Waals surface area (Å²) in [4.78, 5) is 0. The SMILES string of the molecule is CC(C)CS(=O)(=O)N(CCBr)C1CCCCC1. The summed E-state index contributed by atoms with van der Waals surface area (Å²) in [5.74, 6) is 0.470. The molecule has 0 saturated heterocycles. The van der Waals surface area contributed by atoms with Gasteiger partial charge in [0.1, 0.15) is 0 Å². The molecule has 5 heteroatoms. The lowest BCUT2D eigenvalue weighted by molar-refractivity contribution is 0.262. The van der Waals surface area contributed by atoms with Crippen LogP contribution >= 0.6 is 15.9 Å². The Morgan fingerprint density at radius 2 is 1.82 bits per heavy atom. The molecule has 0 aromatic heterocycles. The average Bonchev–Trinajstić information content (AvgIpc) is 2.25. The topological polar surface area (TPSA) is 37.4 Å². The molecule has 0 radical (unpaired) electrons. The van der Waals surface area contributed by atoms with Crippen molar-refractivity contribution in [1.29, 1.82) is 0 Å². The van der Waals surface area contributed by atoms with Gasteiger partial charge in [0.2, 0.25) is 10.0 Å². The Morgan fingerprint density at radius 1 is 1.24 bits per heavy atom. The van der Waals surface area contributed by atoms with Crippen molar-refractivity contribution < 1.29 is 8.42 Å². The van der Waals surface area contributed by atoms with Gasteiger partial charge in [0.05, 0.1) is 5.75 Å². The second-order valence-electron chi connectivity index (χ2n) is 5.26. The Morgan fingerprint density at radius 3 is 2.29 bits per heavy atom. The van der Waals surface area contributed by atoms with Crippen molar-refractivity contribution in [2.45, 2.75) is 52.0 Å². The summed E-state index contributed by atoms with van der Waals surface area (Å²) in [5, 5.41) is 0.723. The van der Waals surface area contributed by atoms with E-state index < -0.39 is 10.0 Å². The fourth-order valence-electron chi connectivity index (χ4n) is 2.52. The predicted molar refractivity (Wildman–Crippen MR) is 76.0 cm³/mol. The molecule has 0 aromatic rings. The molecule has 0 aromatic carbocycles. The molecule has 1 rings (SSSR count). The van der Waals surface area contributed by atoms with Crippen molar-refractivity contribution in [3.05, 3.63) is 0 Å². The molecule has 0 amide bonds. The van der Waals surface area contributed by atoms with E-state index in [9.17, 15) is 8.42 Å². The van der Waals surface area contributed by atoms with Gasteiger partial charge in [-0.15, -0.1) is 0 Å². The van der Waals surface area contributed by atoms with Gasteiger partial charge >= 0.3 is 0 Å². The Labute approximate surface area is 114 Å². The molecule has 1 saturated carbocycles. The molecule has 1 aliphatic rings. The summed E-state index contributed by atoms with van der Waals surface area (Å²) >= 11 is 3.37. The van der Waals surface area contributed by atoms with E-state index >= 15 is 0 Å². The van der Waals surface area contributed by atoms with E-state index in [1.165, 1.54) is 19.3 Å². The number of nitrogens with zero attached hydrogens (tertiary/aromatic N) is 1.